The van der Waals surface area contributed by atoms with Crippen molar-refractivity contribution in [2.45, 2.75) is 46.1 Å². The van der Waals surface area contributed by atoms with Gasteiger partial charge in [-0.05, 0) is 19.4 Å². The van der Waals surface area contributed by atoms with Gasteiger partial charge in [0.05, 0.1) is 0 Å². The number of nitrogens with zero attached hydrogens (tertiary/aromatic N) is 2. The predicted octanol–water partition coefficient (Wildman–Crippen LogP) is 2.67. The van der Waals surface area contributed by atoms with Gasteiger partial charge in [0.25, 0.3) is 0 Å². The first-order chi connectivity index (χ1) is 6.79. The number of carbonyl (C=O) groups is 1. The lowest BCUT2D eigenvalue weighted by molar-refractivity contribution is 0.0969. The molecule has 1 heterocycles. The first-order valence-corrected chi connectivity index (χ1v) is 5.34. The minimum absolute atomic E-state index is 0.220. The van der Waals surface area contributed by atoms with Crippen LogP contribution in [0.1, 0.15) is 50.0 Å². The maximum absolute atomic E-state index is 11.7. The number of aromatic nitrogens is 2. The van der Waals surface area contributed by atoms with E-state index in [1.165, 1.54) is 0 Å². The molecule has 0 saturated heterocycles. The third kappa shape index (κ3) is 2.69. The van der Waals surface area contributed by atoms with Crippen molar-refractivity contribution in [3.8, 4) is 0 Å². The van der Waals surface area contributed by atoms with Crippen LogP contribution in [0.4, 0.5) is 0 Å². The first kappa shape index (κ1) is 11.0. The van der Waals surface area contributed by atoms with E-state index in [0.717, 1.165) is 31.5 Å². The Morgan fingerprint density at radius 3 is 2.86 bits per heavy atom. The van der Waals surface area contributed by atoms with E-state index in [0.29, 0.717) is 6.42 Å². The fourth-order valence-corrected chi connectivity index (χ4v) is 1.49. The number of hydrogen-bond donors (Lipinski definition) is 0. The average Bonchev–Trinajstić information content (AvgIpc) is 2.65. The van der Waals surface area contributed by atoms with E-state index in [1.54, 1.807) is 16.9 Å². The first-order valence-electron chi connectivity index (χ1n) is 5.34. The highest BCUT2D eigenvalue weighted by Crippen LogP contribution is 2.07. The van der Waals surface area contributed by atoms with E-state index in [9.17, 15) is 4.79 Å². The second-order valence-electron chi connectivity index (χ2n) is 3.41. The summed E-state index contributed by atoms with van der Waals surface area (Å²) >= 11 is 0. The van der Waals surface area contributed by atoms with E-state index in [2.05, 4.69) is 12.0 Å². The summed E-state index contributed by atoms with van der Waals surface area (Å²) in [6.07, 6.45) is 5.62. The molecular formula is C11H18N2O. The lowest BCUT2D eigenvalue weighted by Gasteiger charge is -2.02. The molecule has 0 spiro atoms. The molecule has 0 fully saturated rings. The molecule has 0 amide bonds. The molecule has 0 aliphatic heterocycles. The van der Waals surface area contributed by atoms with Crippen molar-refractivity contribution < 1.29 is 4.79 Å². The molecule has 3 heteroatoms. The molecule has 1 rings (SSSR count). The number of aryl methyl sites for hydroxylation is 1. The molecule has 0 aliphatic rings. The largest absolute Gasteiger partial charge is 0.292 e. The lowest BCUT2D eigenvalue weighted by Crippen LogP contribution is -2.09. The van der Waals surface area contributed by atoms with Crippen LogP contribution in [0.25, 0.3) is 0 Å². The standard InChI is InChI=1S/C11H18N2O/c1-3-5-6-7-11(14)10-8-9-12-13(10)4-2/h8-9H,3-7H2,1-2H3. The van der Waals surface area contributed by atoms with Gasteiger partial charge < -0.3 is 0 Å². The molecular weight excluding hydrogens is 176 g/mol. The maximum Gasteiger partial charge on any atom is 0.180 e. The summed E-state index contributed by atoms with van der Waals surface area (Å²) in [5.41, 5.74) is 0.753. The van der Waals surface area contributed by atoms with Crippen molar-refractivity contribution in [2.24, 2.45) is 0 Å². The van der Waals surface area contributed by atoms with Crippen molar-refractivity contribution in [1.82, 2.24) is 9.78 Å². The van der Waals surface area contributed by atoms with Crippen LogP contribution in [0.2, 0.25) is 0 Å². The van der Waals surface area contributed by atoms with Crippen molar-refractivity contribution in [1.29, 1.82) is 0 Å². The van der Waals surface area contributed by atoms with Crippen LogP contribution in [0.15, 0.2) is 12.3 Å². The summed E-state index contributed by atoms with van der Waals surface area (Å²) in [4.78, 5) is 11.7. The van der Waals surface area contributed by atoms with Gasteiger partial charge in [0, 0.05) is 19.2 Å². The normalized spacial score (nSPS) is 10.4. The van der Waals surface area contributed by atoms with Crippen LogP contribution in [0.3, 0.4) is 0 Å². The Balaban J connectivity index is 2.51. The van der Waals surface area contributed by atoms with Crippen molar-refractivity contribution >= 4 is 5.78 Å². The van der Waals surface area contributed by atoms with Gasteiger partial charge in [-0.2, -0.15) is 5.10 Å². The van der Waals surface area contributed by atoms with E-state index in [1.807, 2.05) is 6.92 Å². The fourth-order valence-electron chi connectivity index (χ4n) is 1.49. The molecule has 1 aromatic heterocycles. The Kier molecular flexibility index (Phi) is 4.36. The minimum atomic E-state index is 0.220. The lowest BCUT2D eigenvalue weighted by atomic mass is 10.1. The van der Waals surface area contributed by atoms with Crippen molar-refractivity contribution in [3.05, 3.63) is 18.0 Å². The van der Waals surface area contributed by atoms with Gasteiger partial charge in [0.15, 0.2) is 5.78 Å². The highest BCUT2D eigenvalue weighted by Gasteiger charge is 2.09. The average molecular weight is 194 g/mol. The number of Topliss-reactive ketones (excluding diaryl/α,β-unsaturated/α-hetero) is 1. The molecule has 1 aromatic rings. The van der Waals surface area contributed by atoms with Crippen LogP contribution >= 0.6 is 0 Å². The highest BCUT2D eigenvalue weighted by atomic mass is 16.1. The van der Waals surface area contributed by atoms with Crippen molar-refractivity contribution in [2.75, 3.05) is 0 Å². The number of rotatable bonds is 6. The zero-order valence-electron chi connectivity index (χ0n) is 8.99. The number of hydrogen-bond acceptors (Lipinski definition) is 2. The molecule has 78 valence electrons. The zero-order chi connectivity index (χ0) is 10.4. The molecule has 0 atom stereocenters. The second-order valence-corrected chi connectivity index (χ2v) is 3.41. The molecule has 14 heavy (non-hydrogen) atoms. The molecule has 0 bridgehead atoms. The molecule has 3 nitrogen and oxygen atoms in total. The van der Waals surface area contributed by atoms with Gasteiger partial charge in [-0.3, -0.25) is 9.48 Å². The van der Waals surface area contributed by atoms with Crippen LogP contribution in [0.5, 0.6) is 0 Å². The van der Waals surface area contributed by atoms with Gasteiger partial charge in [0.2, 0.25) is 0 Å². The summed E-state index contributed by atoms with van der Waals surface area (Å²) in [5.74, 6) is 0.220. The Hall–Kier alpha value is -1.12. The summed E-state index contributed by atoms with van der Waals surface area (Å²) in [7, 11) is 0. The topological polar surface area (TPSA) is 34.9 Å². The maximum atomic E-state index is 11.7. The smallest absolute Gasteiger partial charge is 0.180 e. The van der Waals surface area contributed by atoms with E-state index >= 15 is 0 Å². The second kappa shape index (κ2) is 5.58. The van der Waals surface area contributed by atoms with Crippen LogP contribution in [-0.4, -0.2) is 15.6 Å². The molecule has 0 radical (unpaired) electrons. The van der Waals surface area contributed by atoms with Gasteiger partial charge in [-0.1, -0.05) is 19.8 Å². The quantitative estimate of drug-likeness (QED) is 0.515. The zero-order valence-corrected chi connectivity index (χ0v) is 8.99. The highest BCUT2D eigenvalue weighted by molar-refractivity contribution is 5.94. The summed E-state index contributed by atoms with van der Waals surface area (Å²) in [5, 5.41) is 4.08. The predicted molar refractivity (Wildman–Crippen MR) is 56.4 cm³/mol. The third-order valence-corrected chi connectivity index (χ3v) is 2.31. The van der Waals surface area contributed by atoms with Crippen LogP contribution in [-0.2, 0) is 6.54 Å². The van der Waals surface area contributed by atoms with Crippen LogP contribution in [0, 0.1) is 0 Å². The van der Waals surface area contributed by atoms with Gasteiger partial charge in [0.1, 0.15) is 5.69 Å². The van der Waals surface area contributed by atoms with E-state index in [-0.39, 0.29) is 5.78 Å². The summed E-state index contributed by atoms with van der Waals surface area (Å²) in [6, 6.07) is 1.80. The van der Waals surface area contributed by atoms with Gasteiger partial charge >= 0.3 is 0 Å². The Morgan fingerprint density at radius 1 is 1.43 bits per heavy atom. The number of carbonyl (C=O) groups excluding carboxylic acids is 1. The Labute approximate surface area is 85.1 Å². The Morgan fingerprint density at radius 2 is 2.21 bits per heavy atom. The monoisotopic (exact) mass is 194 g/mol. The molecule has 0 N–H and O–H groups in total. The molecule has 0 aliphatic carbocycles. The third-order valence-electron chi connectivity index (χ3n) is 2.31. The van der Waals surface area contributed by atoms with Crippen LogP contribution < -0.4 is 0 Å². The van der Waals surface area contributed by atoms with E-state index in [4.69, 9.17) is 0 Å². The summed E-state index contributed by atoms with van der Waals surface area (Å²) < 4.78 is 1.76. The molecule has 0 saturated carbocycles. The minimum Gasteiger partial charge on any atom is -0.292 e. The molecule has 0 unspecified atom stereocenters. The fraction of sp³-hybridized carbons (Fsp3) is 0.636. The van der Waals surface area contributed by atoms with E-state index < -0.39 is 0 Å². The SMILES string of the molecule is CCCCCC(=O)c1ccnn1CC. The van der Waals surface area contributed by atoms with Gasteiger partial charge in [-0.15, -0.1) is 0 Å². The number of unbranched alkanes of at least 4 members (excludes halogenated alkanes) is 2. The molecule has 0 aromatic carbocycles. The summed E-state index contributed by atoms with van der Waals surface area (Å²) in [6.45, 7) is 4.90. The van der Waals surface area contributed by atoms with Gasteiger partial charge in [-0.25, -0.2) is 0 Å². The van der Waals surface area contributed by atoms with Crippen molar-refractivity contribution in [3.63, 3.8) is 0 Å². The Bertz CT molecular complexity index is 291. The number of ketones is 1.